The molecule has 3 aromatic rings. The van der Waals surface area contributed by atoms with Crippen LogP contribution in [-0.2, 0) is 35.5 Å². The summed E-state index contributed by atoms with van der Waals surface area (Å²) in [5.74, 6) is -1.70. The highest BCUT2D eigenvalue weighted by atomic mass is 32.2. The van der Waals surface area contributed by atoms with E-state index < -0.39 is 56.7 Å². The van der Waals surface area contributed by atoms with Gasteiger partial charge in [0.05, 0.1) is 17.9 Å². The molecule has 0 radical (unpaired) electrons. The van der Waals surface area contributed by atoms with E-state index in [1.165, 1.54) is 25.3 Å². The monoisotopic (exact) mass is 577 g/mol. The summed E-state index contributed by atoms with van der Waals surface area (Å²) in [6, 6.07) is 19.2. The number of carbonyl (C=O) groups excluding carboxylic acids is 3. The summed E-state index contributed by atoms with van der Waals surface area (Å²) in [6.07, 6.45) is 0.575. The summed E-state index contributed by atoms with van der Waals surface area (Å²) in [5.41, 5.74) is 7.06. The molecule has 0 unspecified atom stereocenters. The minimum atomic E-state index is -4.37. The molecule has 0 saturated carbocycles. The standard InChI is InChI=1S/C29H27N3O8S/c1-29(17-39-28(30)36)24(27(35)40-23(19-8-4-2-5-9-19)20-10-6-3-7-11-20)32-25(34)22(26(32)41(29,37)38)15-21-14-18(16-33)12-13-31-21/h2-15,23-24,26,33H,16-17H2,1H3,(H2,30,36)/b22-15-/t24-,26+,29-/m0/s1. The number of ether oxygens (including phenoxy) is 2. The Morgan fingerprint density at radius 3 is 2.27 bits per heavy atom. The first-order valence-corrected chi connectivity index (χ1v) is 14.2. The fraction of sp³-hybridized carbons (Fsp3) is 0.241. The van der Waals surface area contributed by atoms with Crippen LogP contribution < -0.4 is 5.73 Å². The van der Waals surface area contributed by atoms with Gasteiger partial charge in [0.1, 0.15) is 11.4 Å². The Balaban J connectivity index is 1.56. The summed E-state index contributed by atoms with van der Waals surface area (Å²) in [5, 5.41) is 7.92. The molecule has 2 fully saturated rings. The molecule has 3 N–H and O–H groups in total. The highest BCUT2D eigenvalue weighted by molar-refractivity contribution is 7.94. The lowest BCUT2D eigenvalue weighted by Crippen LogP contribution is -2.60. The number of esters is 1. The predicted octanol–water partition coefficient (Wildman–Crippen LogP) is 2.11. The molecule has 0 aliphatic carbocycles. The molecule has 12 heteroatoms. The Kier molecular flexibility index (Phi) is 7.37. The van der Waals surface area contributed by atoms with Gasteiger partial charge >= 0.3 is 12.1 Å². The minimum absolute atomic E-state index is 0.115. The van der Waals surface area contributed by atoms with E-state index in [2.05, 4.69) is 4.98 Å². The largest absolute Gasteiger partial charge is 0.451 e. The number of sulfone groups is 1. The summed E-state index contributed by atoms with van der Waals surface area (Å²) in [6.45, 7) is 0.170. The van der Waals surface area contributed by atoms with E-state index in [-0.39, 0.29) is 17.9 Å². The van der Waals surface area contributed by atoms with Crippen LogP contribution in [0, 0.1) is 0 Å². The van der Waals surface area contributed by atoms with E-state index in [0.29, 0.717) is 16.7 Å². The molecule has 11 nitrogen and oxygen atoms in total. The van der Waals surface area contributed by atoms with Crippen LogP contribution in [0.3, 0.4) is 0 Å². The molecule has 2 aliphatic heterocycles. The molecule has 3 atom stereocenters. The third-order valence-corrected chi connectivity index (χ3v) is 10.0. The van der Waals surface area contributed by atoms with Gasteiger partial charge < -0.3 is 25.2 Å². The average Bonchev–Trinajstić information content (AvgIpc) is 3.14. The van der Waals surface area contributed by atoms with Crippen molar-refractivity contribution >= 4 is 33.9 Å². The lowest BCUT2D eigenvalue weighted by molar-refractivity contribution is -0.161. The number of rotatable bonds is 8. The minimum Gasteiger partial charge on any atom is -0.451 e. The maximum atomic E-state index is 14.0. The smallest absolute Gasteiger partial charge is 0.404 e. The third-order valence-electron chi connectivity index (χ3n) is 7.30. The molecule has 41 heavy (non-hydrogen) atoms. The van der Waals surface area contributed by atoms with Gasteiger partial charge in [0.15, 0.2) is 27.4 Å². The highest BCUT2D eigenvalue weighted by Crippen LogP contribution is 2.50. The highest BCUT2D eigenvalue weighted by Gasteiger charge is 2.73. The second kappa shape index (κ2) is 10.8. The van der Waals surface area contributed by atoms with Gasteiger partial charge in [-0.2, -0.15) is 0 Å². The number of primary amides is 1. The number of hydrogen-bond donors (Lipinski definition) is 2. The van der Waals surface area contributed by atoms with Gasteiger partial charge in [0.25, 0.3) is 5.91 Å². The number of β-lactam (4-membered cyclic amide) rings is 1. The zero-order chi connectivity index (χ0) is 29.4. The first kappa shape index (κ1) is 28.0. The van der Waals surface area contributed by atoms with E-state index in [4.69, 9.17) is 15.2 Å². The zero-order valence-electron chi connectivity index (χ0n) is 21.9. The van der Waals surface area contributed by atoms with Gasteiger partial charge in [-0.15, -0.1) is 0 Å². The van der Waals surface area contributed by atoms with Gasteiger partial charge in [-0.05, 0) is 41.8 Å². The van der Waals surface area contributed by atoms with Crippen LogP contribution in [0.5, 0.6) is 0 Å². The number of nitrogens with two attached hydrogens (primary N) is 1. The summed E-state index contributed by atoms with van der Waals surface area (Å²) in [4.78, 5) is 43.9. The number of nitrogens with zero attached hydrogens (tertiary/aromatic N) is 2. The average molecular weight is 578 g/mol. The second-order valence-electron chi connectivity index (χ2n) is 9.92. The van der Waals surface area contributed by atoms with E-state index >= 15 is 0 Å². The predicted molar refractivity (Wildman–Crippen MR) is 146 cm³/mol. The Hall–Kier alpha value is -4.55. The summed E-state index contributed by atoms with van der Waals surface area (Å²) in [7, 11) is -4.37. The lowest BCUT2D eigenvalue weighted by Gasteiger charge is -2.39. The van der Waals surface area contributed by atoms with Gasteiger partial charge in [0.2, 0.25) is 0 Å². The second-order valence-corrected chi connectivity index (χ2v) is 12.4. The number of amides is 2. The molecule has 0 bridgehead atoms. The Bertz CT molecular complexity index is 1590. The van der Waals surface area contributed by atoms with Crippen molar-refractivity contribution in [1.29, 1.82) is 0 Å². The van der Waals surface area contributed by atoms with E-state index in [1.807, 2.05) is 0 Å². The Morgan fingerprint density at radius 1 is 1.10 bits per heavy atom. The fourth-order valence-electron chi connectivity index (χ4n) is 5.19. The van der Waals surface area contributed by atoms with Crippen molar-refractivity contribution in [2.45, 2.75) is 35.8 Å². The van der Waals surface area contributed by atoms with Gasteiger partial charge in [-0.25, -0.2) is 18.0 Å². The quantitative estimate of drug-likeness (QED) is 0.232. The number of aliphatic hydroxyl groups is 1. The number of aliphatic hydroxyl groups excluding tert-OH is 1. The number of hydrogen-bond acceptors (Lipinski definition) is 9. The molecule has 2 aliphatic rings. The zero-order valence-corrected chi connectivity index (χ0v) is 22.7. The molecular weight excluding hydrogens is 550 g/mol. The Morgan fingerprint density at radius 2 is 1.71 bits per heavy atom. The van der Waals surface area contributed by atoms with E-state index in [9.17, 15) is 27.9 Å². The molecule has 2 amide bonds. The van der Waals surface area contributed by atoms with Crippen LogP contribution in [0.25, 0.3) is 6.08 Å². The molecular formula is C29H27N3O8S. The fourth-order valence-corrected chi connectivity index (χ4v) is 7.46. The van der Waals surface area contributed by atoms with Crippen molar-refractivity contribution in [3.8, 4) is 0 Å². The van der Waals surface area contributed by atoms with Crippen molar-refractivity contribution in [2.75, 3.05) is 6.61 Å². The Labute approximate surface area is 236 Å². The van der Waals surface area contributed by atoms with Gasteiger partial charge in [0, 0.05) is 6.20 Å². The third kappa shape index (κ3) is 4.85. The first-order chi connectivity index (χ1) is 19.6. The normalized spacial score (nSPS) is 23.6. The van der Waals surface area contributed by atoms with Crippen LogP contribution in [-0.4, -0.2) is 64.1 Å². The van der Waals surface area contributed by atoms with Crippen LogP contribution >= 0.6 is 0 Å². The number of aromatic nitrogens is 1. The molecule has 5 rings (SSSR count). The maximum absolute atomic E-state index is 14.0. The summed E-state index contributed by atoms with van der Waals surface area (Å²) < 4.78 is 36.7. The molecule has 212 valence electrons. The number of benzene rings is 2. The SMILES string of the molecule is C[C@]1(COC(N)=O)[C@H](C(=O)OC(c2ccccc2)c2ccccc2)N2C(=O)/C(=C/c3cc(CO)ccn3)[C@H]2S1(=O)=O. The summed E-state index contributed by atoms with van der Waals surface area (Å²) >= 11 is 0. The van der Waals surface area contributed by atoms with Crippen LogP contribution in [0.15, 0.2) is 84.6 Å². The van der Waals surface area contributed by atoms with Crippen molar-refractivity contribution in [3.63, 3.8) is 0 Å². The van der Waals surface area contributed by atoms with Crippen molar-refractivity contribution in [1.82, 2.24) is 9.88 Å². The van der Waals surface area contributed by atoms with Gasteiger partial charge in [-0.3, -0.25) is 9.78 Å². The van der Waals surface area contributed by atoms with Crippen LogP contribution in [0.4, 0.5) is 4.79 Å². The topological polar surface area (TPSA) is 166 Å². The molecule has 2 saturated heterocycles. The van der Waals surface area contributed by atoms with Crippen molar-refractivity contribution in [2.24, 2.45) is 5.73 Å². The van der Waals surface area contributed by atoms with Crippen molar-refractivity contribution in [3.05, 3.63) is 107 Å². The van der Waals surface area contributed by atoms with Crippen LogP contribution in [0.2, 0.25) is 0 Å². The van der Waals surface area contributed by atoms with E-state index in [1.54, 1.807) is 66.7 Å². The first-order valence-electron chi connectivity index (χ1n) is 12.6. The number of fused-ring (bicyclic) bond motifs is 1. The molecule has 1 aromatic heterocycles. The van der Waals surface area contributed by atoms with E-state index in [0.717, 1.165) is 4.90 Å². The molecule has 2 aromatic carbocycles. The van der Waals surface area contributed by atoms with Gasteiger partial charge in [-0.1, -0.05) is 60.7 Å². The number of pyridine rings is 1. The molecule has 3 heterocycles. The van der Waals surface area contributed by atoms with Crippen molar-refractivity contribution < 1.29 is 37.4 Å². The lowest BCUT2D eigenvalue weighted by atomic mass is 9.93. The molecule has 0 spiro atoms. The van der Waals surface area contributed by atoms with Crippen LogP contribution in [0.1, 0.15) is 35.4 Å². The maximum Gasteiger partial charge on any atom is 0.404 e. The number of carbonyl (C=O) groups is 3.